The predicted octanol–water partition coefficient (Wildman–Crippen LogP) is 2.98. The zero-order valence-corrected chi connectivity index (χ0v) is 11.6. The number of carbonyl (C=O) groups is 1. The number of amides is 1. The standard InChI is InChI=1S/C16H18N2O2/c1-11-6-7-14(15(17)8-11)16(19)18-13-5-3-4-12(9-13)10-20-2/h3-9H,10,17H2,1-2H3,(H,18,19). The molecular weight excluding hydrogens is 252 g/mol. The number of benzene rings is 2. The van der Waals surface area contributed by atoms with E-state index < -0.39 is 0 Å². The molecule has 0 unspecified atom stereocenters. The number of ether oxygens (including phenoxy) is 1. The van der Waals surface area contributed by atoms with Crippen molar-refractivity contribution in [2.24, 2.45) is 0 Å². The van der Waals surface area contributed by atoms with Gasteiger partial charge in [0.1, 0.15) is 0 Å². The molecule has 4 heteroatoms. The van der Waals surface area contributed by atoms with E-state index in [1.54, 1.807) is 19.2 Å². The lowest BCUT2D eigenvalue weighted by Crippen LogP contribution is -2.14. The molecule has 0 saturated heterocycles. The fourth-order valence-corrected chi connectivity index (χ4v) is 1.99. The van der Waals surface area contributed by atoms with Crippen molar-refractivity contribution < 1.29 is 9.53 Å². The molecule has 4 nitrogen and oxygen atoms in total. The van der Waals surface area contributed by atoms with E-state index in [2.05, 4.69) is 5.32 Å². The average molecular weight is 270 g/mol. The number of hydrogen-bond acceptors (Lipinski definition) is 3. The van der Waals surface area contributed by atoms with Gasteiger partial charge in [0.2, 0.25) is 0 Å². The molecule has 0 aliphatic rings. The first-order chi connectivity index (χ1) is 9.60. The Kier molecular flexibility index (Phi) is 4.38. The lowest BCUT2D eigenvalue weighted by molar-refractivity contribution is 0.102. The molecule has 0 atom stereocenters. The molecular formula is C16H18N2O2. The highest BCUT2D eigenvalue weighted by atomic mass is 16.5. The lowest BCUT2D eigenvalue weighted by atomic mass is 10.1. The molecule has 0 fully saturated rings. The minimum atomic E-state index is -0.211. The summed E-state index contributed by atoms with van der Waals surface area (Å²) in [5.41, 5.74) is 9.59. The number of rotatable bonds is 4. The summed E-state index contributed by atoms with van der Waals surface area (Å²) in [7, 11) is 1.64. The van der Waals surface area contributed by atoms with Gasteiger partial charge in [-0.15, -0.1) is 0 Å². The highest BCUT2D eigenvalue weighted by molar-refractivity contribution is 6.07. The Morgan fingerprint density at radius 3 is 2.75 bits per heavy atom. The quantitative estimate of drug-likeness (QED) is 0.839. The Labute approximate surface area is 118 Å². The molecule has 2 aromatic rings. The second kappa shape index (κ2) is 6.21. The van der Waals surface area contributed by atoms with Gasteiger partial charge in [0, 0.05) is 18.5 Å². The summed E-state index contributed by atoms with van der Waals surface area (Å²) in [6.07, 6.45) is 0. The summed E-state index contributed by atoms with van der Waals surface area (Å²) >= 11 is 0. The maximum atomic E-state index is 12.2. The molecule has 0 radical (unpaired) electrons. The van der Waals surface area contributed by atoms with Crippen LogP contribution < -0.4 is 11.1 Å². The van der Waals surface area contributed by atoms with Crippen LogP contribution in [0.15, 0.2) is 42.5 Å². The van der Waals surface area contributed by atoms with Crippen molar-refractivity contribution in [3.8, 4) is 0 Å². The average Bonchev–Trinajstić information content (AvgIpc) is 2.39. The van der Waals surface area contributed by atoms with Gasteiger partial charge in [0.25, 0.3) is 5.91 Å². The van der Waals surface area contributed by atoms with Crippen molar-refractivity contribution in [2.75, 3.05) is 18.2 Å². The molecule has 2 rings (SSSR count). The molecule has 104 valence electrons. The fraction of sp³-hybridized carbons (Fsp3) is 0.188. The molecule has 0 spiro atoms. The molecule has 0 aromatic heterocycles. The van der Waals surface area contributed by atoms with Crippen molar-refractivity contribution >= 4 is 17.3 Å². The maximum absolute atomic E-state index is 12.2. The third-order valence-electron chi connectivity index (χ3n) is 2.95. The Balaban J connectivity index is 2.17. The van der Waals surface area contributed by atoms with Gasteiger partial charge in [-0.1, -0.05) is 18.2 Å². The first-order valence-electron chi connectivity index (χ1n) is 6.35. The molecule has 2 aromatic carbocycles. The van der Waals surface area contributed by atoms with Gasteiger partial charge in [-0.05, 0) is 42.3 Å². The molecule has 20 heavy (non-hydrogen) atoms. The van der Waals surface area contributed by atoms with Crippen LogP contribution in [0.2, 0.25) is 0 Å². The first kappa shape index (κ1) is 14.1. The molecule has 0 bridgehead atoms. The zero-order valence-electron chi connectivity index (χ0n) is 11.6. The van der Waals surface area contributed by atoms with Crippen LogP contribution in [0.4, 0.5) is 11.4 Å². The smallest absolute Gasteiger partial charge is 0.257 e. The van der Waals surface area contributed by atoms with E-state index in [0.717, 1.165) is 16.8 Å². The Bertz CT molecular complexity index is 624. The Hall–Kier alpha value is -2.33. The van der Waals surface area contributed by atoms with Crippen molar-refractivity contribution in [3.05, 3.63) is 59.2 Å². The van der Waals surface area contributed by atoms with Gasteiger partial charge < -0.3 is 15.8 Å². The largest absolute Gasteiger partial charge is 0.398 e. The van der Waals surface area contributed by atoms with Gasteiger partial charge in [0.15, 0.2) is 0 Å². The second-order valence-electron chi connectivity index (χ2n) is 4.68. The third kappa shape index (κ3) is 3.36. The number of nitrogen functional groups attached to an aromatic ring is 1. The Morgan fingerprint density at radius 2 is 2.05 bits per heavy atom. The predicted molar refractivity (Wildman–Crippen MR) is 80.7 cm³/mol. The van der Waals surface area contributed by atoms with Crippen LogP contribution in [0.3, 0.4) is 0 Å². The number of anilines is 2. The lowest BCUT2D eigenvalue weighted by Gasteiger charge is -2.09. The summed E-state index contributed by atoms with van der Waals surface area (Å²) in [4.78, 5) is 12.2. The van der Waals surface area contributed by atoms with Crippen LogP contribution in [-0.2, 0) is 11.3 Å². The van der Waals surface area contributed by atoms with Crippen LogP contribution >= 0.6 is 0 Å². The minimum Gasteiger partial charge on any atom is -0.398 e. The van der Waals surface area contributed by atoms with Gasteiger partial charge in [-0.3, -0.25) is 4.79 Å². The fourth-order valence-electron chi connectivity index (χ4n) is 1.99. The van der Waals surface area contributed by atoms with Crippen LogP contribution in [0.1, 0.15) is 21.5 Å². The van der Waals surface area contributed by atoms with Gasteiger partial charge in [-0.2, -0.15) is 0 Å². The van der Waals surface area contributed by atoms with E-state index in [0.29, 0.717) is 17.9 Å². The monoisotopic (exact) mass is 270 g/mol. The number of carbonyl (C=O) groups excluding carboxylic acids is 1. The number of hydrogen-bond donors (Lipinski definition) is 2. The number of methoxy groups -OCH3 is 1. The van der Waals surface area contributed by atoms with Crippen molar-refractivity contribution in [2.45, 2.75) is 13.5 Å². The van der Waals surface area contributed by atoms with Crippen molar-refractivity contribution in [1.82, 2.24) is 0 Å². The highest BCUT2D eigenvalue weighted by Gasteiger charge is 2.10. The van der Waals surface area contributed by atoms with E-state index in [-0.39, 0.29) is 5.91 Å². The SMILES string of the molecule is COCc1cccc(NC(=O)c2ccc(C)cc2N)c1. The van der Waals surface area contributed by atoms with Crippen LogP contribution in [0.25, 0.3) is 0 Å². The van der Waals surface area contributed by atoms with E-state index in [4.69, 9.17) is 10.5 Å². The molecule has 0 aliphatic carbocycles. The molecule has 0 saturated carbocycles. The van der Waals surface area contributed by atoms with Crippen molar-refractivity contribution in [1.29, 1.82) is 0 Å². The minimum absolute atomic E-state index is 0.211. The summed E-state index contributed by atoms with van der Waals surface area (Å²) in [5, 5.41) is 2.84. The summed E-state index contributed by atoms with van der Waals surface area (Å²) < 4.78 is 5.07. The third-order valence-corrected chi connectivity index (χ3v) is 2.95. The van der Waals surface area contributed by atoms with Crippen LogP contribution in [0.5, 0.6) is 0 Å². The molecule has 3 N–H and O–H groups in total. The van der Waals surface area contributed by atoms with E-state index in [9.17, 15) is 4.79 Å². The summed E-state index contributed by atoms with van der Waals surface area (Å²) in [6.45, 7) is 2.45. The van der Waals surface area contributed by atoms with E-state index in [1.165, 1.54) is 0 Å². The zero-order chi connectivity index (χ0) is 14.5. The van der Waals surface area contributed by atoms with E-state index >= 15 is 0 Å². The Morgan fingerprint density at radius 1 is 1.25 bits per heavy atom. The van der Waals surface area contributed by atoms with Crippen molar-refractivity contribution in [3.63, 3.8) is 0 Å². The summed E-state index contributed by atoms with van der Waals surface area (Å²) in [5.74, 6) is -0.211. The van der Waals surface area contributed by atoms with Gasteiger partial charge >= 0.3 is 0 Å². The topological polar surface area (TPSA) is 64.3 Å². The highest BCUT2D eigenvalue weighted by Crippen LogP contribution is 2.17. The molecule has 1 amide bonds. The normalized spacial score (nSPS) is 10.3. The number of nitrogens with one attached hydrogen (secondary N) is 1. The maximum Gasteiger partial charge on any atom is 0.257 e. The number of aryl methyl sites for hydroxylation is 1. The van der Waals surface area contributed by atoms with Crippen LogP contribution in [-0.4, -0.2) is 13.0 Å². The van der Waals surface area contributed by atoms with Crippen LogP contribution in [0, 0.1) is 6.92 Å². The van der Waals surface area contributed by atoms with Gasteiger partial charge in [-0.25, -0.2) is 0 Å². The molecule has 0 aliphatic heterocycles. The number of nitrogens with two attached hydrogens (primary N) is 1. The summed E-state index contributed by atoms with van der Waals surface area (Å²) in [6, 6.07) is 12.9. The second-order valence-corrected chi connectivity index (χ2v) is 4.68. The molecule has 0 heterocycles. The van der Waals surface area contributed by atoms with E-state index in [1.807, 2.05) is 37.3 Å². The van der Waals surface area contributed by atoms with Gasteiger partial charge in [0.05, 0.1) is 12.2 Å². The first-order valence-corrected chi connectivity index (χ1v) is 6.35.